The van der Waals surface area contributed by atoms with Crippen LogP contribution in [-0.2, 0) is 7.05 Å². The highest BCUT2D eigenvalue weighted by Crippen LogP contribution is 2.18. The fourth-order valence-electron chi connectivity index (χ4n) is 2.82. The largest absolute Gasteiger partial charge is 0.334 e. The molecule has 0 unspecified atom stereocenters. The number of rotatable bonds is 3. The molecule has 4 aromatic heterocycles. The van der Waals surface area contributed by atoms with Gasteiger partial charge in [-0.2, -0.15) is 0 Å². The minimum atomic E-state index is 0.716. The zero-order chi connectivity index (χ0) is 17.4. The molecule has 0 amide bonds. The van der Waals surface area contributed by atoms with E-state index in [1.165, 1.54) is 0 Å². The van der Waals surface area contributed by atoms with E-state index in [0.29, 0.717) is 5.78 Å². The van der Waals surface area contributed by atoms with Crippen LogP contribution in [0.3, 0.4) is 0 Å². The van der Waals surface area contributed by atoms with Crippen molar-refractivity contribution < 1.29 is 0 Å². The van der Waals surface area contributed by atoms with Crippen LogP contribution in [0.1, 0.15) is 22.9 Å². The zero-order valence-electron chi connectivity index (χ0n) is 14.4. The number of nitrogens with zero attached hydrogens (tertiary/aromatic N) is 6. The fourth-order valence-corrected chi connectivity index (χ4v) is 2.82. The van der Waals surface area contributed by atoms with Gasteiger partial charge in [-0.1, -0.05) is 0 Å². The van der Waals surface area contributed by atoms with Crippen molar-refractivity contribution in [3.05, 3.63) is 65.9 Å². The van der Waals surface area contributed by atoms with Gasteiger partial charge in [0, 0.05) is 48.8 Å². The maximum absolute atomic E-state index is 4.67. The minimum absolute atomic E-state index is 0.716. The van der Waals surface area contributed by atoms with Gasteiger partial charge in [0.25, 0.3) is 0 Å². The Morgan fingerprint density at radius 3 is 2.72 bits per heavy atom. The standard InChI is InChI=1S/C19H18N6/c1-13-9-14(2)25-11-16(22-19(25)21-13)6-7-18-23-17(12-24(18)3)15-5-4-8-20-10-15/h4-12H,1-3H3. The Morgan fingerprint density at radius 2 is 1.92 bits per heavy atom. The molecule has 0 aromatic carbocycles. The van der Waals surface area contributed by atoms with Crippen molar-refractivity contribution in [2.75, 3.05) is 0 Å². The first-order chi connectivity index (χ1) is 12.1. The summed E-state index contributed by atoms with van der Waals surface area (Å²) in [7, 11) is 1.98. The average molecular weight is 330 g/mol. The highest BCUT2D eigenvalue weighted by Gasteiger charge is 2.07. The van der Waals surface area contributed by atoms with Crippen molar-refractivity contribution in [3.63, 3.8) is 0 Å². The van der Waals surface area contributed by atoms with E-state index in [9.17, 15) is 0 Å². The van der Waals surface area contributed by atoms with Crippen LogP contribution in [0, 0.1) is 13.8 Å². The SMILES string of the molecule is Cc1cc(C)n2cc(C=Cc3nc(-c4cccnc4)cn3C)nc2n1. The predicted octanol–water partition coefficient (Wildman–Crippen LogP) is 3.31. The van der Waals surface area contributed by atoms with Crippen LogP contribution in [-0.4, -0.2) is 28.9 Å². The van der Waals surface area contributed by atoms with Gasteiger partial charge in [-0.15, -0.1) is 0 Å². The molecule has 6 nitrogen and oxygen atoms in total. The quantitative estimate of drug-likeness (QED) is 0.578. The average Bonchev–Trinajstić information content (AvgIpc) is 3.17. The minimum Gasteiger partial charge on any atom is -0.334 e. The maximum atomic E-state index is 4.67. The number of hydrogen-bond acceptors (Lipinski definition) is 4. The molecule has 0 bridgehead atoms. The molecular weight excluding hydrogens is 312 g/mol. The molecule has 4 rings (SSSR count). The molecule has 0 aliphatic carbocycles. The van der Waals surface area contributed by atoms with E-state index in [1.54, 1.807) is 6.20 Å². The van der Waals surface area contributed by atoms with E-state index in [1.807, 2.05) is 71.9 Å². The van der Waals surface area contributed by atoms with Gasteiger partial charge in [0.05, 0.1) is 11.4 Å². The smallest absolute Gasteiger partial charge is 0.234 e. The van der Waals surface area contributed by atoms with Crippen LogP contribution in [0.4, 0.5) is 0 Å². The lowest BCUT2D eigenvalue weighted by Crippen LogP contribution is -1.94. The van der Waals surface area contributed by atoms with Gasteiger partial charge in [-0.05, 0) is 44.2 Å². The molecule has 0 saturated carbocycles. The second-order valence-electron chi connectivity index (χ2n) is 6.04. The first-order valence-corrected chi connectivity index (χ1v) is 8.05. The van der Waals surface area contributed by atoms with Crippen LogP contribution in [0.5, 0.6) is 0 Å². The molecule has 0 atom stereocenters. The highest BCUT2D eigenvalue weighted by molar-refractivity contribution is 5.68. The summed E-state index contributed by atoms with van der Waals surface area (Å²) in [5, 5.41) is 0. The van der Waals surface area contributed by atoms with E-state index in [0.717, 1.165) is 34.2 Å². The monoisotopic (exact) mass is 330 g/mol. The van der Waals surface area contributed by atoms with Gasteiger partial charge in [0.2, 0.25) is 5.78 Å². The number of aryl methyl sites for hydroxylation is 3. The number of pyridine rings is 1. The first-order valence-electron chi connectivity index (χ1n) is 8.05. The Labute approximate surface area is 145 Å². The van der Waals surface area contributed by atoms with Gasteiger partial charge in [0.1, 0.15) is 5.82 Å². The van der Waals surface area contributed by atoms with E-state index in [-0.39, 0.29) is 0 Å². The molecule has 6 heteroatoms. The Bertz CT molecular complexity index is 1070. The number of aromatic nitrogens is 6. The van der Waals surface area contributed by atoms with Crippen LogP contribution in [0.25, 0.3) is 29.2 Å². The van der Waals surface area contributed by atoms with Gasteiger partial charge in [-0.25, -0.2) is 15.0 Å². The van der Waals surface area contributed by atoms with E-state index in [2.05, 4.69) is 26.9 Å². The van der Waals surface area contributed by atoms with Gasteiger partial charge >= 0.3 is 0 Å². The molecule has 0 N–H and O–H groups in total. The predicted molar refractivity (Wildman–Crippen MR) is 97.8 cm³/mol. The summed E-state index contributed by atoms with van der Waals surface area (Å²) in [5.74, 6) is 1.57. The second-order valence-corrected chi connectivity index (χ2v) is 6.04. The van der Waals surface area contributed by atoms with Crippen molar-refractivity contribution in [2.24, 2.45) is 7.05 Å². The van der Waals surface area contributed by atoms with Crippen molar-refractivity contribution in [1.29, 1.82) is 0 Å². The summed E-state index contributed by atoms with van der Waals surface area (Å²) in [6.07, 6.45) is 11.5. The molecular formula is C19H18N6. The molecule has 4 aromatic rings. The number of fused-ring (bicyclic) bond motifs is 1. The van der Waals surface area contributed by atoms with Crippen LogP contribution in [0.2, 0.25) is 0 Å². The van der Waals surface area contributed by atoms with E-state index in [4.69, 9.17) is 0 Å². The summed E-state index contributed by atoms with van der Waals surface area (Å²) in [6.45, 7) is 4.03. The molecule has 124 valence electrons. The van der Waals surface area contributed by atoms with Crippen molar-refractivity contribution >= 4 is 17.9 Å². The number of imidazole rings is 2. The molecule has 0 saturated heterocycles. The molecule has 0 radical (unpaired) electrons. The van der Waals surface area contributed by atoms with Gasteiger partial charge in [-0.3, -0.25) is 9.38 Å². The second kappa shape index (κ2) is 5.98. The lowest BCUT2D eigenvalue weighted by molar-refractivity contribution is 0.898. The Morgan fingerprint density at radius 1 is 1.04 bits per heavy atom. The van der Waals surface area contributed by atoms with Crippen LogP contribution < -0.4 is 0 Å². The van der Waals surface area contributed by atoms with Gasteiger partial charge < -0.3 is 4.57 Å². The van der Waals surface area contributed by atoms with Crippen molar-refractivity contribution in [1.82, 2.24) is 28.9 Å². The molecule has 0 fully saturated rings. The van der Waals surface area contributed by atoms with Crippen molar-refractivity contribution in [2.45, 2.75) is 13.8 Å². The van der Waals surface area contributed by atoms with Gasteiger partial charge in [0.15, 0.2) is 0 Å². The normalized spacial score (nSPS) is 11.6. The molecule has 0 aliphatic rings. The molecule has 4 heterocycles. The molecule has 0 spiro atoms. The summed E-state index contributed by atoms with van der Waals surface area (Å²) in [5.41, 5.74) is 4.84. The summed E-state index contributed by atoms with van der Waals surface area (Å²) in [4.78, 5) is 17.8. The summed E-state index contributed by atoms with van der Waals surface area (Å²) in [6, 6.07) is 5.95. The summed E-state index contributed by atoms with van der Waals surface area (Å²) >= 11 is 0. The van der Waals surface area contributed by atoms with E-state index >= 15 is 0 Å². The Hall–Kier alpha value is -3.28. The molecule has 0 aliphatic heterocycles. The third-order valence-corrected chi connectivity index (χ3v) is 4.05. The third kappa shape index (κ3) is 2.94. The van der Waals surface area contributed by atoms with Crippen LogP contribution >= 0.6 is 0 Å². The topological polar surface area (TPSA) is 60.9 Å². The fraction of sp³-hybridized carbons (Fsp3) is 0.158. The lowest BCUT2D eigenvalue weighted by atomic mass is 10.2. The zero-order valence-corrected chi connectivity index (χ0v) is 14.4. The Balaban J connectivity index is 1.66. The lowest BCUT2D eigenvalue weighted by Gasteiger charge is -1.98. The van der Waals surface area contributed by atoms with Crippen LogP contribution in [0.15, 0.2) is 43.0 Å². The highest BCUT2D eigenvalue weighted by atomic mass is 15.1. The summed E-state index contributed by atoms with van der Waals surface area (Å²) < 4.78 is 3.98. The first kappa shape index (κ1) is 15.3. The van der Waals surface area contributed by atoms with E-state index < -0.39 is 0 Å². The molecule has 25 heavy (non-hydrogen) atoms. The Kier molecular flexibility index (Phi) is 3.65. The third-order valence-electron chi connectivity index (χ3n) is 4.05. The van der Waals surface area contributed by atoms with Crippen molar-refractivity contribution in [3.8, 4) is 11.3 Å². The number of hydrogen-bond donors (Lipinski definition) is 0. The maximum Gasteiger partial charge on any atom is 0.234 e.